The van der Waals surface area contributed by atoms with Crippen molar-refractivity contribution in [2.45, 2.75) is 30.7 Å². The van der Waals surface area contributed by atoms with Crippen LogP contribution in [-0.2, 0) is 14.8 Å². The number of likely N-dealkylation sites (tertiary alicyclic amines) is 1. The molecule has 0 bridgehead atoms. The molecule has 0 saturated carbocycles. The van der Waals surface area contributed by atoms with Gasteiger partial charge < -0.3 is 10.2 Å². The smallest absolute Gasteiger partial charge is 0.264 e. The van der Waals surface area contributed by atoms with Crippen LogP contribution in [0, 0.1) is 6.92 Å². The van der Waals surface area contributed by atoms with E-state index in [9.17, 15) is 18.0 Å². The second-order valence-corrected chi connectivity index (χ2v) is 9.35. The lowest BCUT2D eigenvalue weighted by molar-refractivity contribution is -0.124. The summed E-state index contributed by atoms with van der Waals surface area (Å²) in [6.45, 7) is 2.67. The van der Waals surface area contributed by atoms with Crippen molar-refractivity contribution in [3.63, 3.8) is 0 Å². The summed E-state index contributed by atoms with van der Waals surface area (Å²) in [6.07, 6.45) is 1.38. The first-order valence-electron chi connectivity index (χ1n) is 9.07. The third-order valence-corrected chi connectivity index (χ3v) is 6.93. The van der Waals surface area contributed by atoms with Crippen LogP contribution in [0.25, 0.3) is 0 Å². The number of hydrogen-bond acceptors (Lipinski definition) is 5. The minimum Gasteiger partial charge on any atom is -0.353 e. The second-order valence-electron chi connectivity index (χ2n) is 6.64. The summed E-state index contributed by atoms with van der Waals surface area (Å²) in [5.41, 5.74) is 0.976. The molecule has 0 aliphatic carbocycles. The SMILES string of the molecule is Cc1ccc(S(=O)(=O)NCCNC(=O)[C@@H]2CCCN2C(=O)c2cccs2)cc1. The number of benzene rings is 1. The van der Waals surface area contributed by atoms with Gasteiger partial charge in [0.15, 0.2) is 0 Å². The summed E-state index contributed by atoms with van der Waals surface area (Å²) in [7, 11) is -3.61. The Morgan fingerprint density at radius 2 is 1.93 bits per heavy atom. The second kappa shape index (κ2) is 8.85. The molecule has 2 aromatic rings. The molecule has 7 nitrogen and oxygen atoms in total. The number of aryl methyl sites for hydroxylation is 1. The number of sulfonamides is 1. The Labute approximate surface area is 168 Å². The minimum atomic E-state index is -3.61. The lowest BCUT2D eigenvalue weighted by Gasteiger charge is -2.23. The molecule has 1 aromatic carbocycles. The van der Waals surface area contributed by atoms with Crippen LogP contribution in [0.1, 0.15) is 28.1 Å². The van der Waals surface area contributed by atoms with Gasteiger partial charge in [0.2, 0.25) is 15.9 Å². The lowest BCUT2D eigenvalue weighted by atomic mass is 10.2. The Morgan fingerprint density at radius 1 is 1.18 bits per heavy atom. The van der Waals surface area contributed by atoms with Crippen LogP contribution >= 0.6 is 11.3 Å². The molecule has 0 unspecified atom stereocenters. The van der Waals surface area contributed by atoms with Gasteiger partial charge in [0, 0.05) is 19.6 Å². The highest BCUT2D eigenvalue weighted by molar-refractivity contribution is 7.89. The number of thiophene rings is 1. The highest BCUT2D eigenvalue weighted by Crippen LogP contribution is 2.22. The van der Waals surface area contributed by atoms with E-state index < -0.39 is 16.1 Å². The first-order chi connectivity index (χ1) is 13.4. The first-order valence-corrected chi connectivity index (χ1v) is 11.4. The molecule has 2 N–H and O–H groups in total. The van der Waals surface area contributed by atoms with Gasteiger partial charge in [0.25, 0.3) is 5.91 Å². The van der Waals surface area contributed by atoms with Crippen LogP contribution in [0.15, 0.2) is 46.7 Å². The molecule has 1 saturated heterocycles. The van der Waals surface area contributed by atoms with Gasteiger partial charge in [-0.25, -0.2) is 13.1 Å². The molecular weight excluding hydrogens is 398 g/mol. The number of hydrogen-bond donors (Lipinski definition) is 2. The van der Waals surface area contributed by atoms with E-state index in [1.165, 1.54) is 11.3 Å². The Hall–Kier alpha value is -2.23. The number of amides is 2. The molecule has 1 aliphatic rings. The lowest BCUT2D eigenvalue weighted by Crippen LogP contribution is -2.47. The summed E-state index contributed by atoms with van der Waals surface area (Å²) >= 11 is 1.35. The molecular formula is C19H23N3O4S2. The molecule has 3 rings (SSSR count). The molecule has 1 fully saturated rings. The fourth-order valence-electron chi connectivity index (χ4n) is 3.11. The summed E-state index contributed by atoms with van der Waals surface area (Å²) in [5.74, 6) is -0.385. The molecule has 9 heteroatoms. The number of carbonyl (C=O) groups is 2. The average Bonchev–Trinajstić information content (AvgIpc) is 3.36. The minimum absolute atomic E-state index is 0.0769. The highest BCUT2D eigenvalue weighted by atomic mass is 32.2. The maximum atomic E-state index is 12.5. The third-order valence-electron chi connectivity index (χ3n) is 4.60. The molecule has 1 aliphatic heterocycles. The predicted octanol–water partition coefficient (Wildman–Crippen LogP) is 1.76. The van der Waals surface area contributed by atoms with Crippen molar-refractivity contribution in [2.24, 2.45) is 0 Å². The van der Waals surface area contributed by atoms with E-state index in [0.717, 1.165) is 12.0 Å². The number of rotatable bonds is 7. The summed E-state index contributed by atoms with van der Waals surface area (Å²) in [6, 6.07) is 9.60. The average molecular weight is 422 g/mol. The zero-order valence-electron chi connectivity index (χ0n) is 15.6. The fourth-order valence-corrected chi connectivity index (χ4v) is 4.82. The largest absolute Gasteiger partial charge is 0.353 e. The van der Waals surface area contributed by atoms with Crippen molar-refractivity contribution >= 4 is 33.2 Å². The van der Waals surface area contributed by atoms with Crippen molar-refractivity contribution in [3.05, 3.63) is 52.2 Å². The molecule has 1 aromatic heterocycles. The van der Waals surface area contributed by atoms with Gasteiger partial charge in [-0.05, 0) is 43.3 Å². The maximum absolute atomic E-state index is 12.5. The molecule has 2 amide bonds. The van der Waals surface area contributed by atoms with Gasteiger partial charge in [0.1, 0.15) is 6.04 Å². The van der Waals surface area contributed by atoms with Crippen LogP contribution in [0.5, 0.6) is 0 Å². The van der Waals surface area contributed by atoms with E-state index in [4.69, 9.17) is 0 Å². The van der Waals surface area contributed by atoms with Crippen LogP contribution in [0.4, 0.5) is 0 Å². The number of carbonyl (C=O) groups excluding carboxylic acids is 2. The zero-order valence-corrected chi connectivity index (χ0v) is 17.2. The standard InChI is InChI=1S/C19H23N3O4S2/c1-14-6-8-15(9-7-14)28(25,26)21-11-10-20-18(23)16-4-2-12-22(16)19(24)17-5-3-13-27-17/h3,5-9,13,16,21H,2,4,10-12H2,1H3,(H,20,23)/t16-/m0/s1. The predicted molar refractivity (Wildman–Crippen MR) is 108 cm³/mol. The summed E-state index contributed by atoms with van der Waals surface area (Å²) in [5, 5.41) is 4.56. The van der Waals surface area contributed by atoms with Crippen LogP contribution < -0.4 is 10.0 Å². The quantitative estimate of drug-likeness (QED) is 0.666. The third kappa shape index (κ3) is 4.78. The van der Waals surface area contributed by atoms with Crippen LogP contribution in [-0.4, -0.2) is 50.8 Å². The first kappa shape index (κ1) is 20.5. The molecule has 0 spiro atoms. The Bertz CT molecular complexity index is 925. The Morgan fingerprint density at radius 3 is 2.61 bits per heavy atom. The fraction of sp³-hybridized carbons (Fsp3) is 0.368. The van der Waals surface area contributed by atoms with E-state index in [1.807, 2.05) is 18.4 Å². The molecule has 0 radical (unpaired) electrons. The molecule has 150 valence electrons. The van der Waals surface area contributed by atoms with E-state index in [0.29, 0.717) is 17.8 Å². The topological polar surface area (TPSA) is 95.6 Å². The zero-order chi connectivity index (χ0) is 20.1. The normalized spacial score (nSPS) is 16.9. The van der Waals surface area contributed by atoms with Gasteiger partial charge in [-0.1, -0.05) is 23.8 Å². The van der Waals surface area contributed by atoms with Crippen molar-refractivity contribution in [1.82, 2.24) is 14.9 Å². The molecule has 28 heavy (non-hydrogen) atoms. The Kier molecular flexibility index (Phi) is 6.48. The van der Waals surface area contributed by atoms with E-state index in [-0.39, 0.29) is 29.8 Å². The van der Waals surface area contributed by atoms with Gasteiger partial charge in [-0.3, -0.25) is 9.59 Å². The van der Waals surface area contributed by atoms with E-state index in [2.05, 4.69) is 10.0 Å². The van der Waals surface area contributed by atoms with Crippen molar-refractivity contribution in [2.75, 3.05) is 19.6 Å². The van der Waals surface area contributed by atoms with E-state index >= 15 is 0 Å². The summed E-state index contributed by atoms with van der Waals surface area (Å²) < 4.78 is 27.0. The van der Waals surface area contributed by atoms with Gasteiger partial charge in [0.05, 0.1) is 9.77 Å². The number of nitrogens with zero attached hydrogens (tertiary/aromatic N) is 1. The molecule has 1 atom stereocenters. The maximum Gasteiger partial charge on any atom is 0.264 e. The van der Waals surface area contributed by atoms with Crippen LogP contribution in [0.3, 0.4) is 0 Å². The van der Waals surface area contributed by atoms with Gasteiger partial charge in [-0.2, -0.15) is 0 Å². The summed E-state index contributed by atoms with van der Waals surface area (Å²) in [4.78, 5) is 27.4. The van der Waals surface area contributed by atoms with Gasteiger partial charge in [-0.15, -0.1) is 11.3 Å². The van der Waals surface area contributed by atoms with Crippen molar-refractivity contribution in [3.8, 4) is 0 Å². The monoisotopic (exact) mass is 421 g/mol. The molecule has 2 heterocycles. The van der Waals surface area contributed by atoms with Crippen LogP contribution in [0.2, 0.25) is 0 Å². The van der Waals surface area contributed by atoms with E-state index in [1.54, 1.807) is 35.2 Å². The number of nitrogens with one attached hydrogen (secondary N) is 2. The van der Waals surface area contributed by atoms with Crippen molar-refractivity contribution in [1.29, 1.82) is 0 Å². The Balaban J connectivity index is 1.50. The highest BCUT2D eigenvalue weighted by Gasteiger charge is 2.34. The van der Waals surface area contributed by atoms with Gasteiger partial charge >= 0.3 is 0 Å². The van der Waals surface area contributed by atoms with Crippen molar-refractivity contribution < 1.29 is 18.0 Å².